The first-order valence-corrected chi connectivity index (χ1v) is 10.9. The number of anilines is 2. The molecule has 1 aliphatic carbocycles. The van der Waals surface area contributed by atoms with E-state index in [0.29, 0.717) is 24.2 Å². The molecule has 158 valence electrons. The fourth-order valence-electron chi connectivity index (χ4n) is 3.66. The summed E-state index contributed by atoms with van der Waals surface area (Å²) in [6, 6.07) is 15.4. The second-order valence-corrected chi connectivity index (χ2v) is 8.34. The smallest absolute Gasteiger partial charge is 0.253 e. The van der Waals surface area contributed by atoms with Gasteiger partial charge in [0.15, 0.2) is 0 Å². The van der Waals surface area contributed by atoms with Gasteiger partial charge in [-0.2, -0.15) is 0 Å². The number of nitrogens with one attached hydrogen (secondary N) is 2. The minimum absolute atomic E-state index is 0.0704. The number of benzene rings is 2. The van der Waals surface area contributed by atoms with Crippen LogP contribution in [0, 0.1) is 0 Å². The van der Waals surface area contributed by atoms with Gasteiger partial charge >= 0.3 is 0 Å². The maximum atomic E-state index is 12.5. The molecule has 0 bridgehead atoms. The summed E-state index contributed by atoms with van der Waals surface area (Å²) in [4.78, 5) is 29.5. The number of rotatable bonds is 7. The highest BCUT2D eigenvalue weighted by molar-refractivity contribution is 6.30. The summed E-state index contributed by atoms with van der Waals surface area (Å²) in [6.07, 6.45) is 2.46. The van der Waals surface area contributed by atoms with Gasteiger partial charge in [0.25, 0.3) is 5.91 Å². The highest BCUT2D eigenvalue weighted by atomic mass is 35.5. The molecule has 2 aromatic carbocycles. The third-order valence-electron chi connectivity index (χ3n) is 5.56. The number of amides is 2. The summed E-state index contributed by atoms with van der Waals surface area (Å²) < 4.78 is 0. The van der Waals surface area contributed by atoms with Crippen LogP contribution in [0.3, 0.4) is 0 Å². The van der Waals surface area contributed by atoms with E-state index < -0.39 is 0 Å². The first-order chi connectivity index (χ1) is 14.6. The Bertz CT molecular complexity index is 908. The summed E-state index contributed by atoms with van der Waals surface area (Å²) in [7, 11) is 0. The van der Waals surface area contributed by atoms with Crippen LogP contribution in [0.25, 0.3) is 0 Å². The molecular formula is C23H27ClN4O2. The molecule has 0 radical (unpaired) electrons. The van der Waals surface area contributed by atoms with Crippen LogP contribution < -0.4 is 15.5 Å². The number of nitrogens with zero attached hydrogens (tertiary/aromatic N) is 2. The first kappa shape index (κ1) is 20.7. The van der Waals surface area contributed by atoms with Gasteiger partial charge in [-0.05, 0) is 43.2 Å². The molecule has 6 nitrogen and oxygen atoms in total. The van der Waals surface area contributed by atoms with Crippen LogP contribution in [0.1, 0.15) is 29.6 Å². The molecule has 2 fully saturated rings. The summed E-state index contributed by atoms with van der Waals surface area (Å²) in [5.74, 6) is -0.190. The van der Waals surface area contributed by atoms with Crippen molar-refractivity contribution in [3.05, 3.63) is 59.1 Å². The van der Waals surface area contributed by atoms with Crippen LogP contribution in [0.4, 0.5) is 11.4 Å². The standard InChI is InChI=1S/C23H27ClN4O2/c24-17-4-3-5-19(16-17)28-14-12-27(13-15-28)11-10-22(29)26-21-7-2-1-6-20(21)23(30)25-18-8-9-18/h1-7,16,18H,8-15H2,(H,25,30)(H,26,29). The van der Waals surface area contributed by atoms with Crippen molar-refractivity contribution < 1.29 is 9.59 Å². The summed E-state index contributed by atoms with van der Waals surface area (Å²) in [5, 5.41) is 6.64. The van der Waals surface area contributed by atoms with Gasteiger partial charge in [-0.25, -0.2) is 0 Å². The van der Waals surface area contributed by atoms with E-state index in [9.17, 15) is 9.59 Å². The quantitative estimate of drug-likeness (QED) is 0.712. The molecule has 0 atom stereocenters. The van der Waals surface area contributed by atoms with E-state index in [1.165, 1.54) is 0 Å². The second-order valence-electron chi connectivity index (χ2n) is 7.90. The Morgan fingerprint density at radius 2 is 1.77 bits per heavy atom. The fraction of sp³-hybridized carbons (Fsp3) is 0.391. The predicted octanol–water partition coefficient (Wildman–Crippen LogP) is 3.38. The maximum absolute atomic E-state index is 12.5. The molecule has 1 aliphatic heterocycles. The predicted molar refractivity (Wildman–Crippen MR) is 120 cm³/mol. The maximum Gasteiger partial charge on any atom is 0.253 e. The molecule has 2 aromatic rings. The highest BCUT2D eigenvalue weighted by Gasteiger charge is 2.25. The van der Waals surface area contributed by atoms with Gasteiger partial charge in [-0.15, -0.1) is 0 Å². The Kier molecular flexibility index (Phi) is 6.55. The molecule has 1 saturated carbocycles. The normalized spacial score (nSPS) is 16.9. The molecule has 0 unspecified atom stereocenters. The Morgan fingerprint density at radius 3 is 2.50 bits per heavy atom. The van der Waals surface area contributed by atoms with Crippen LogP contribution in [-0.2, 0) is 4.79 Å². The summed E-state index contributed by atoms with van der Waals surface area (Å²) >= 11 is 6.10. The summed E-state index contributed by atoms with van der Waals surface area (Å²) in [6.45, 7) is 4.32. The Balaban J connectivity index is 1.24. The van der Waals surface area contributed by atoms with Gasteiger partial charge < -0.3 is 15.5 Å². The molecule has 2 N–H and O–H groups in total. The van der Waals surface area contributed by atoms with Crippen molar-refractivity contribution in [2.75, 3.05) is 42.9 Å². The number of carbonyl (C=O) groups is 2. The lowest BCUT2D eigenvalue weighted by atomic mass is 10.1. The van der Waals surface area contributed by atoms with Crippen molar-refractivity contribution in [1.29, 1.82) is 0 Å². The second kappa shape index (κ2) is 9.49. The van der Waals surface area contributed by atoms with Crippen molar-refractivity contribution in [2.24, 2.45) is 0 Å². The van der Waals surface area contributed by atoms with Gasteiger partial charge in [0.1, 0.15) is 0 Å². The molecule has 1 heterocycles. The number of para-hydroxylation sites is 1. The molecule has 7 heteroatoms. The number of carbonyl (C=O) groups excluding carboxylic acids is 2. The highest BCUT2D eigenvalue weighted by Crippen LogP contribution is 2.22. The van der Waals surface area contributed by atoms with Gasteiger partial charge in [0.2, 0.25) is 5.91 Å². The van der Waals surface area contributed by atoms with E-state index in [1.807, 2.05) is 30.3 Å². The number of piperazine rings is 1. The average molecular weight is 427 g/mol. The van der Waals surface area contributed by atoms with Crippen LogP contribution in [-0.4, -0.2) is 55.5 Å². The molecule has 0 aromatic heterocycles. The Hall–Kier alpha value is -2.57. The molecule has 2 aliphatic rings. The SMILES string of the molecule is O=C(CCN1CCN(c2cccc(Cl)c2)CC1)Nc1ccccc1C(=O)NC1CC1. The average Bonchev–Trinajstić information content (AvgIpc) is 3.57. The molecule has 2 amide bonds. The zero-order chi connectivity index (χ0) is 20.9. The third-order valence-corrected chi connectivity index (χ3v) is 5.79. The van der Waals surface area contributed by atoms with E-state index in [2.05, 4.69) is 26.5 Å². The van der Waals surface area contributed by atoms with Gasteiger partial charge in [-0.3, -0.25) is 14.5 Å². The van der Waals surface area contributed by atoms with E-state index in [4.69, 9.17) is 11.6 Å². The lowest BCUT2D eigenvalue weighted by Gasteiger charge is -2.36. The lowest BCUT2D eigenvalue weighted by molar-refractivity contribution is -0.116. The van der Waals surface area contributed by atoms with E-state index in [-0.39, 0.29) is 17.9 Å². The Morgan fingerprint density at radius 1 is 1.00 bits per heavy atom. The van der Waals surface area contributed by atoms with Crippen molar-refractivity contribution in [2.45, 2.75) is 25.3 Å². The fourth-order valence-corrected chi connectivity index (χ4v) is 3.84. The minimum atomic E-state index is -0.120. The molecule has 30 heavy (non-hydrogen) atoms. The zero-order valence-electron chi connectivity index (χ0n) is 16.9. The number of halogens is 1. The topological polar surface area (TPSA) is 64.7 Å². The van der Waals surface area contributed by atoms with Crippen molar-refractivity contribution in [3.63, 3.8) is 0 Å². The van der Waals surface area contributed by atoms with Crippen LogP contribution in [0.2, 0.25) is 5.02 Å². The van der Waals surface area contributed by atoms with E-state index in [0.717, 1.165) is 49.7 Å². The van der Waals surface area contributed by atoms with Crippen molar-refractivity contribution in [3.8, 4) is 0 Å². The van der Waals surface area contributed by atoms with Crippen molar-refractivity contribution >= 4 is 34.8 Å². The van der Waals surface area contributed by atoms with E-state index >= 15 is 0 Å². The van der Waals surface area contributed by atoms with Crippen LogP contribution >= 0.6 is 11.6 Å². The summed E-state index contributed by atoms with van der Waals surface area (Å²) in [5.41, 5.74) is 2.24. The number of hydrogen-bond donors (Lipinski definition) is 2. The molecule has 0 spiro atoms. The largest absolute Gasteiger partial charge is 0.369 e. The molecular weight excluding hydrogens is 400 g/mol. The van der Waals surface area contributed by atoms with Gasteiger partial charge in [-0.1, -0.05) is 29.8 Å². The molecule has 4 rings (SSSR count). The number of hydrogen-bond acceptors (Lipinski definition) is 4. The van der Waals surface area contributed by atoms with Gasteiger partial charge in [0.05, 0.1) is 11.3 Å². The van der Waals surface area contributed by atoms with Gasteiger partial charge in [0, 0.05) is 55.9 Å². The van der Waals surface area contributed by atoms with E-state index in [1.54, 1.807) is 12.1 Å². The van der Waals surface area contributed by atoms with Crippen LogP contribution in [0.15, 0.2) is 48.5 Å². The van der Waals surface area contributed by atoms with Crippen LogP contribution in [0.5, 0.6) is 0 Å². The zero-order valence-corrected chi connectivity index (χ0v) is 17.7. The third kappa shape index (κ3) is 5.52. The first-order valence-electron chi connectivity index (χ1n) is 10.5. The minimum Gasteiger partial charge on any atom is -0.369 e. The monoisotopic (exact) mass is 426 g/mol. The molecule has 1 saturated heterocycles. The van der Waals surface area contributed by atoms with Crippen molar-refractivity contribution in [1.82, 2.24) is 10.2 Å². The Labute approximate surface area is 182 Å². The lowest BCUT2D eigenvalue weighted by Crippen LogP contribution is -2.47.